The molecule has 0 aliphatic carbocycles. The highest BCUT2D eigenvalue weighted by Gasteiger charge is 2.23. The number of fused-ring (bicyclic) bond motifs is 1. The number of carbonyl (C=O) groups is 2. The van der Waals surface area contributed by atoms with Crippen LogP contribution in [-0.2, 0) is 17.6 Å². The first-order chi connectivity index (χ1) is 11.5. The maximum absolute atomic E-state index is 12.4. The predicted octanol–water partition coefficient (Wildman–Crippen LogP) is 2.94. The maximum Gasteiger partial charge on any atom is 0.251 e. The molecule has 3 rings (SSSR count). The van der Waals surface area contributed by atoms with Crippen LogP contribution in [0.2, 0.25) is 0 Å². The van der Waals surface area contributed by atoms with Crippen molar-refractivity contribution in [1.29, 1.82) is 0 Å². The molecule has 2 aromatic rings. The maximum atomic E-state index is 12.4. The van der Waals surface area contributed by atoms with E-state index in [1.165, 1.54) is 0 Å². The molecular weight excluding hydrogens is 304 g/mol. The van der Waals surface area contributed by atoms with Crippen molar-refractivity contribution in [2.75, 3.05) is 11.4 Å². The molecule has 2 amide bonds. The Kier molecular flexibility index (Phi) is 4.69. The molecule has 0 radical (unpaired) electrons. The molecule has 1 aliphatic rings. The minimum Gasteiger partial charge on any atom is -0.469 e. The number of hydrogen-bond acceptors (Lipinski definition) is 3. The minimum absolute atomic E-state index is 0.0394. The average Bonchev–Trinajstić information content (AvgIpc) is 3.21. The summed E-state index contributed by atoms with van der Waals surface area (Å²) in [6, 6.07) is 9.42. The van der Waals surface area contributed by atoms with Crippen molar-refractivity contribution in [3.8, 4) is 0 Å². The zero-order chi connectivity index (χ0) is 17.1. The SMILES string of the molecule is CC(=O)N1CCc2cc(C(=O)NC(C)CCc3ccco3)ccc21. The summed E-state index contributed by atoms with van der Waals surface area (Å²) in [4.78, 5) is 25.8. The summed E-state index contributed by atoms with van der Waals surface area (Å²) in [5.74, 6) is 0.890. The summed E-state index contributed by atoms with van der Waals surface area (Å²) < 4.78 is 5.31. The first kappa shape index (κ1) is 16.3. The van der Waals surface area contributed by atoms with Gasteiger partial charge in [0.25, 0.3) is 5.91 Å². The third-order valence-electron chi connectivity index (χ3n) is 4.40. The molecule has 1 aromatic heterocycles. The zero-order valence-corrected chi connectivity index (χ0v) is 14.0. The molecule has 2 heterocycles. The van der Waals surface area contributed by atoms with Gasteiger partial charge in [0.2, 0.25) is 5.91 Å². The van der Waals surface area contributed by atoms with Gasteiger partial charge in [-0.3, -0.25) is 9.59 Å². The first-order valence-corrected chi connectivity index (χ1v) is 8.29. The van der Waals surface area contributed by atoms with Gasteiger partial charge in [-0.25, -0.2) is 0 Å². The topological polar surface area (TPSA) is 62.6 Å². The Balaban J connectivity index is 1.60. The second kappa shape index (κ2) is 6.91. The van der Waals surface area contributed by atoms with Crippen molar-refractivity contribution in [3.05, 3.63) is 53.5 Å². The summed E-state index contributed by atoms with van der Waals surface area (Å²) in [5, 5.41) is 3.02. The highest BCUT2D eigenvalue weighted by atomic mass is 16.3. The summed E-state index contributed by atoms with van der Waals surface area (Å²) >= 11 is 0. The fourth-order valence-corrected chi connectivity index (χ4v) is 3.06. The molecule has 5 nitrogen and oxygen atoms in total. The van der Waals surface area contributed by atoms with E-state index in [0.29, 0.717) is 12.1 Å². The molecule has 1 N–H and O–H groups in total. The van der Waals surface area contributed by atoms with Crippen molar-refractivity contribution >= 4 is 17.5 Å². The van der Waals surface area contributed by atoms with Crippen LogP contribution in [0.25, 0.3) is 0 Å². The Bertz CT molecular complexity index is 737. The summed E-state index contributed by atoms with van der Waals surface area (Å²) in [7, 11) is 0. The third-order valence-corrected chi connectivity index (χ3v) is 4.40. The zero-order valence-electron chi connectivity index (χ0n) is 14.0. The third kappa shape index (κ3) is 3.50. The number of benzene rings is 1. The monoisotopic (exact) mass is 326 g/mol. The van der Waals surface area contributed by atoms with Crippen molar-refractivity contribution in [3.63, 3.8) is 0 Å². The number of carbonyl (C=O) groups excluding carboxylic acids is 2. The number of furan rings is 1. The largest absolute Gasteiger partial charge is 0.469 e. The van der Waals surface area contributed by atoms with Gasteiger partial charge in [-0.1, -0.05) is 0 Å². The Labute approximate surface area is 141 Å². The number of anilines is 1. The standard InChI is InChI=1S/C19H22N2O3/c1-13(5-7-17-4-3-11-24-17)20-19(23)16-6-8-18-15(12-16)9-10-21(18)14(2)22/h3-4,6,8,11-13H,5,7,9-10H2,1-2H3,(H,20,23). The summed E-state index contributed by atoms with van der Waals surface area (Å²) in [5.41, 5.74) is 2.62. The molecule has 1 aromatic carbocycles. The van der Waals surface area contributed by atoms with Gasteiger partial charge in [0, 0.05) is 37.2 Å². The second-order valence-corrected chi connectivity index (χ2v) is 6.26. The number of hydrogen-bond donors (Lipinski definition) is 1. The van der Waals surface area contributed by atoms with Gasteiger partial charge in [-0.2, -0.15) is 0 Å². The van der Waals surface area contributed by atoms with E-state index in [4.69, 9.17) is 4.42 Å². The summed E-state index contributed by atoms with van der Waals surface area (Å²) in [6.07, 6.45) is 4.08. The molecule has 5 heteroatoms. The van der Waals surface area contributed by atoms with Gasteiger partial charge in [0.05, 0.1) is 6.26 Å². The van der Waals surface area contributed by atoms with E-state index in [9.17, 15) is 9.59 Å². The fraction of sp³-hybridized carbons (Fsp3) is 0.368. The molecule has 0 saturated heterocycles. The van der Waals surface area contributed by atoms with E-state index in [1.807, 2.05) is 31.2 Å². The lowest BCUT2D eigenvalue weighted by atomic mass is 10.1. The Morgan fingerprint density at radius 2 is 2.17 bits per heavy atom. The van der Waals surface area contributed by atoms with Crippen LogP contribution in [0.15, 0.2) is 41.0 Å². The van der Waals surface area contributed by atoms with Crippen LogP contribution in [0.4, 0.5) is 5.69 Å². The molecule has 126 valence electrons. The predicted molar refractivity (Wildman–Crippen MR) is 92.1 cm³/mol. The fourth-order valence-electron chi connectivity index (χ4n) is 3.06. The van der Waals surface area contributed by atoms with Crippen LogP contribution in [-0.4, -0.2) is 24.4 Å². The number of nitrogens with zero attached hydrogens (tertiary/aromatic N) is 1. The Morgan fingerprint density at radius 3 is 2.88 bits per heavy atom. The first-order valence-electron chi connectivity index (χ1n) is 8.29. The molecule has 0 bridgehead atoms. The number of nitrogens with one attached hydrogen (secondary N) is 1. The van der Waals surface area contributed by atoms with E-state index in [1.54, 1.807) is 24.2 Å². The minimum atomic E-state index is -0.0778. The van der Waals surface area contributed by atoms with E-state index >= 15 is 0 Å². The smallest absolute Gasteiger partial charge is 0.251 e. The highest BCUT2D eigenvalue weighted by Crippen LogP contribution is 2.28. The van der Waals surface area contributed by atoms with Gasteiger partial charge in [0.1, 0.15) is 5.76 Å². The van der Waals surface area contributed by atoms with Crippen molar-refractivity contribution < 1.29 is 14.0 Å². The van der Waals surface area contributed by atoms with Crippen LogP contribution in [0.3, 0.4) is 0 Å². The van der Waals surface area contributed by atoms with Crippen LogP contribution < -0.4 is 10.2 Å². The molecule has 24 heavy (non-hydrogen) atoms. The van der Waals surface area contributed by atoms with Gasteiger partial charge in [-0.15, -0.1) is 0 Å². The second-order valence-electron chi connectivity index (χ2n) is 6.26. The van der Waals surface area contributed by atoms with Gasteiger partial charge in [0.15, 0.2) is 0 Å². The lowest BCUT2D eigenvalue weighted by Gasteiger charge is -2.16. The number of amides is 2. The quantitative estimate of drug-likeness (QED) is 0.919. The lowest BCUT2D eigenvalue weighted by molar-refractivity contribution is -0.116. The van der Waals surface area contributed by atoms with Gasteiger partial charge >= 0.3 is 0 Å². The van der Waals surface area contributed by atoms with E-state index in [0.717, 1.165) is 36.3 Å². The van der Waals surface area contributed by atoms with E-state index < -0.39 is 0 Å². The van der Waals surface area contributed by atoms with Crippen LogP contribution in [0.5, 0.6) is 0 Å². The van der Waals surface area contributed by atoms with Crippen LogP contribution >= 0.6 is 0 Å². The molecule has 0 saturated carbocycles. The molecule has 1 atom stereocenters. The number of rotatable bonds is 5. The number of aryl methyl sites for hydroxylation is 1. The highest BCUT2D eigenvalue weighted by molar-refractivity contribution is 5.97. The van der Waals surface area contributed by atoms with Crippen LogP contribution in [0.1, 0.15) is 41.9 Å². The van der Waals surface area contributed by atoms with Crippen molar-refractivity contribution in [2.24, 2.45) is 0 Å². The van der Waals surface area contributed by atoms with E-state index in [2.05, 4.69) is 5.32 Å². The molecule has 1 unspecified atom stereocenters. The normalized spacial score (nSPS) is 14.3. The molecular formula is C19H22N2O3. The van der Waals surface area contributed by atoms with Crippen LogP contribution in [0, 0.1) is 0 Å². The molecule has 0 fully saturated rings. The van der Waals surface area contributed by atoms with Gasteiger partial charge in [-0.05, 0) is 55.7 Å². The molecule has 1 aliphatic heterocycles. The Morgan fingerprint density at radius 1 is 1.33 bits per heavy atom. The molecule has 0 spiro atoms. The summed E-state index contributed by atoms with van der Waals surface area (Å²) in [6.45, 7) is 4.25. The Hall–Kier alpha value is -2.56. The van der Waals surface area contributed by atoms with Crippen molar-refractivity contribution in [2.45, 2.75) is 39.2 Å². The van der Waals surface area contributed by atoms with Crippen molar-refractivity contribution in [1.82, 2.24) is 5.32 Å². The average molecular weight is 326 g/mol. The van der Waals surface area contributed by atoms with Gasteiger partial charge < -0.3 is 14.6 Å². The lowest BCUT2D eigenvalue weighted by Crippen LogP contribution is -2.33. The van der Waals surface area contributed by atoms with E-state index in [-0.39, 0.29) is 17.9 Å².